The van der Waals surface area contributed by atoms with Crippen molar-refractivity contribution in [3.8, 4) is 0 Å². The largest absolute Gasteiger partial charge is 0.399 e. The van der Waals surface area contributed by atoms with Crippen LogP contribution >= 0.6 is 0 Å². The number of ether oxygens (including phenoxy) is 1. The number of nitrogen functional groups attached to an aromatic ring is 1. The lowest BCUT2D eigenvalue weighted by Gasteiger charge is -2.35. The van der Waals surface area contributed by atoms with Crippen molar-refractivity contribution in [1.82, 2.24) is 0 Å². The topological polar surface area (TPSA) is 73.6 Å². The van der Waals surface area contributed by atoms with Crippen LogP contribution < -0.4 is 11.5 Å². The summed E-state index contributed by atoms with van der Waals surface area (Å²) in [5.41, 5.74) is 8.97. The van der Waals surface area contributed by atoms with Gasteiger partial charge in [0.15, 0.2) is 5.54 Å². The number of nitrogens with zero attached hydrogens (tertiary/aromatic N) is 1. The molecule has 0 radical (unpaired) electrons. The Balaban J connectivity index is 2.72. The SMILES string of the molecule is CCC1(c2cc(N)ccc2F)N=C(N)COCC1(F)F. The average molecular weight is 287 g/mol. The van der Waals surface area contributed by atoms with Crippen molar-refractivity contribution in [3.05, 3.63) is 29.6 Å². The van der Waals surface area contributed by atoms with E-state index in [1.807, 2.05) is 0 Å². The Morgan fingerprint density at radius 1 is 1.35 bits per heavy atom. The molecule has 1 aromatic carbocycles. The molecular formula is C13H16F3N3O. The van der Waals surface area contributed by atoms with Crippen LogP contribution in [0, 0.1) is 5.82 Å². The highest BCUT2D eigenvalue weighted by atomic mass is 19.3. The van der Waals surface area contributed by atoms with E-state index in [0.29, 0.717) is 0 Å². The molecule has 0 saturated heterocycles. The quantitative estimate of drug-likeness (QED) is 0.817. The van der Waals surface area contributed by atoms with E-state index < -0.39 is 23.9 Å². The van der Waals surface area contributed by atoms with Gasteiger partial charge in [0.05, 0.1) is 0 Å². The molecule has 4 nitrogen and oxygen atoms in total. The van der Waals surface area contributed by atoms with Crippen molar-refractivity contribution < 1.29 is 17.9 Å². The van der Waals surface area contributed by atoms with Gasteiger partial charge in [-0.3, -0.25) is 4.99 Å². The van der Waals surface area contributed by atoms with Crippen LogP contribution in [-0.4, -0.2) is 25.0 Å². The van der Waals surface area contributed by atoms with E-state index in [4.69, 9.17) is 16.2 Å². The van der Waals surface area contributed by atoms with Gasteiger partial charge < -0.3 is 16.2 Å². The van der Waals surface area contributed by atoms with Crippen LogP contribution in [0.5, 0.6) is 0 Å². The molecule has 0 fully saturated rings. The molecule has 1 aromatic rings. The van der Waals surface area contributed by atoms with Gasteiger partial charge in [-0.25, -0.2) is 13.2 Å². The number of anilines is 1. The summed E-state index contributed by atoms with van der Waals surface area (Å²) >= 11 is 0. The lowest BCUT2D eigenvalue weighted by atomic mass is 9.81. The van der Waals surface area contributed by atoms with Crippen LogP contribution in [0.2, 0.25) is 0 Å². The smallest absolute Gasteiger partial charge is 0.299 e. The average Bonchev–Trinajstić information content (AvgIpc) is 2.49. The van der Waals surface area contributed by atoms with Crippen LogP contribution in [0.4, 0.5) is 18.9 Å². The second-order valence-corrected chi connectivity index (χ2v) is 4.75. The molecule has 0 saturated carbocycles. The second-order valence-electron chi connectivity index (χ2n) is 4.75. The van der Waals surface area contributed by atoms with Crippen molar-refractivity contribution in [1.29, 1.82) is 0 Å². The second kappa shape index (κ2) is 4.97. The van der Waals surface area contributed by atoms with E-state index in [1.54, 1.807) is 0 Å². The molecule has 7 heteroatoms. The standard InChI is InChI=1S/C13H16F3N3O/c1-2-12(9-5-8(17)3-4-10(9)14)13(15,16)7-20-6-11(18)19-12/h3-5H,2,6-7,17H2,1H3,(H2,18,19). The first-order chi connectivity index (χ1) is 9.32. The predicted molar refractivity (Wildman–Crippen MR) is 70.2 cm³/mol. The van der Waals surface area contributed by atoms with Crippen LogP contribution in [0.3, 0.4) is 0 Å². The molecule has 20 heavy (non-hydrogen) atoms. The van der Waals surface area contributed by atoms with E-state index in [-0.39, 0.29) is 30.1 Å². The summed E-state index contributed by atoms with van der Waals surface area (Å²) in [5.74, 6) is -4.28. The first-order valence-electron chi connectivity index (χ1n) is 6.17. The molecule has 1 aliphatic heterocycles. The molecule has 0 amide bonds. The normalized spacial score (nSPS) is 25.9. The minimum absolute atomic E-state index is 0.0918. The molecule has 1 heterocycles. The van der Waals surface area contributed by atoms with Gasteiger partial charge in [-0.2, -0.15) is 0 Å². The maximum Gasteiger partial charge on any atom is 0.299 e. The van der Waals surface area contributed by atoms with E-state index in [1.165, 1.54) is 19.1 Å². The highest BCUT2D eigenvalue weighted by molar-refractivity contribution is 5.82. The maximum absolute atomic E-state index is 14.5. The number of amidine groups is 1. The fourth-order valence-electron chi connectivity index (χ4n) is 2.41. The Morgan fingerprint density at radius 3 is 2.70 bits per heavy atom. The van der Waals surface area contributed by atoms with Crippen molar-refractivity contribution in [2.24, 2.45) is 10.7 Å². The number of alkyl halides is 2. The first-order valence-corrected chi connectivity index (χ1v) is 6.17. The maximum atomic E-state index is 14.5. The van der Waals surface area contributed by atoms with Crippen LogP contribution in [0.15, 0.2) is 23.2 Å². The monoisotopic (exact) mass is 287 g/mol. The summed E-state index contributed by atoms with van der Waals surface area (Å²) in [6.45, 7) is 0.416. The number of hydrogen-bond acceptors (Lipinski definition) is 4. The van der Waals surface area contributed by atoms with Gasteiger partial charge in [0.2, 0.25) is 0 Å². The molecule has 0 bridgehead atoms. The highest BCUT2D eigenvalue weighted by Gasteiger charge is 2.56. The Labute approximate surface area is 114 Å². The number of rotatable bonds is 2. The van der Waals surface area contributed by atoms with Crippen LogP contribution in [0.25, 0.3) is 0 Å². The number of benzene rings is 1. The molecule has 0 aromatic heterocycles. The lowest BCUT2D eigenvalue weighted by molar-refractivity contribution is -0.123. The minimum Gasteiger partial charge on any atom is -0.399 e. The Morgan fingerprint density at radius 2 is 2.05 bits per heavy atom. The molecule has 0 spiro atoms. The fourth-order valence-corrected chi connectivity index (χ4v) is 2.41. The third-order valence-corrected chi connectivity index (χ3v) is 3.42. The van der Waals surface area contributed by atoms with Crippen molar-refractivity contribution >= 4 is 11.5 Å². The summed E-state index contributed by atoms with van der Waals surface area (Å²) in [4.78, 5) is 3.87. The molecule has 1 unspecified atom stereocenters. The fraction of sp³-hybridized carbons (Fsp3) is 0.462. The summed E-state index contributed by atoms with van der Waals surface area (Å²) in [7, 11) is 0. The highest BCUT2D eigenvalue weighted by Crippen LogP contribution is 2.46. The number of hydrogen-bond donors (Lipinski definition) is 2. The first kappa shape index (κ1) is 14.6. The van der Waals surface area contributed by atoms with Crippen molar-refractivity contribution in [2.75, 3.05) is 18.9 Å². The number of aliphatic imine (C=N–C) groups is 1. The summed E-state index contributed by atoms with van der Waals surface area (Å²) in [6.07, 6.45) is -0.134. The van der Waals surface area contributed by atoms with Gasteiger partial charge in [0, 0.05) is 11.3 Å². The van der Waals surface area contributed by atoms with Gasteiger partial charge in [-0.1, -0.05) is 6.92 Å². The van der Waals surface area contributed by atoms with E-state index in [9.17, 15) is 13.2 Å². The zero-order valence-electron chi connectivity index (χ0n) is 11.0. The Hall–Kier alpha value is -1.76. The summed E-state index contributed by atoms with van der Waals surface area (Å²) < 4.78 is 47.8. The third kappa shape index (κ3) is 2.22. The molecule has 110 valence electrons. The molecule has 1 aliphatic rings. The van der Waals surface area contributed by atoms with Gasteiger partial charge in [0.1, 0.15) is 24.9 Å². The van der Waals surface area contributed by atoms with Gasteiger partial charge >= 0.3 is 0 Å². The Kier molecular flexibility index (Phi) is 3.64. The van der Waals surface area contributed by atoms with Crippen molar-refractivity contribution in [2.45, 2.75) is 24.8 Å². The van der Waals surface area contributed by atoms with Gasteiger partial charge in [-0.15, -0.1) is 0 Å². The number of halogens is 3. The molecule has 2 rings (SSSR count). The van der Waals surface area contributed by atoms with Crippen molar-refractivity contribution in [3.63, 3.8) is 0 Å². The summed E-state index contributed by atoms with van der Waals surface area (Å²) in [5, 5.41) is 0. The lowest BCUT2D eigenvalue weighted by Crippen LogP contribution is -2.47. The predicted octanol–water partition coefficient (Wildman–Crippen LogP) is 2.04. The van der Waals surface area contributed by atoms with Gasteiger partial charge in [0.25, 0.3) is 5.92 Å². The van der Waals surface area contributed by atoms with E-state index in [0.717, 1.165) is 6.07 Å². The van der Waals surface area contributed by atoms with Gasteiger partial charge in [-0.05, 0) is 24.6 Å². The zero-order valence-corrected chi connectivity index (χ0v) is 11.0. The molecular weight excluding hydrogens is 271 g/mol. The third-order valence-electron chi connectivity index (χ3n) is 3.42. The number of nitrogens with two attached hydrogens (primary N) is 2. The molecule has 1 atom stereocenters. The summed E-state index contributed by atoms with van der Waals surface area (Å²) in [6, 6.07) is 3.53. The minimum atomic E-state index is -3.39. The zero-order chi connectivity index (χ0) is 15.0. The van der Waals surface area contributed by atoms with E-state index in [2.05, 4.69) is 4.99 Å². The van der Waals surface area contributed by atoms with E-state index >= 15 is 0 Å². The van der Waals surface area contributed by atoms with Crippen LogP contribution in [0.1, 0.15) is 18.9 Å². The van der Waals surface area contributed by atoms with Crippen LogP contribution in [-0.2, 0) is 10.3 Å². The Bertz CT molecular complexity index is 548. The molecule has 4 N–H and O–H groups in total. The molecule has 0 aliphatic carbocycles.